The van der Waals surface area contributed by atoms with Gasteiger partial charge in [-0.2, -0.15) is 0 Å². The summed E-state index contributed by atoms with van der Waals surface area (Å²) >= 11 is 11.6. The van der Waals surface area contributed by atoms with Gasteiger partial charge in [0.15, 0.2) is 0 Å². The van der Waals surface area contributed by atoms with E-state index in [9.17, 15) is 0 Å². The third-order valence-corrected chi connectivity index (χ3v) is 10.7. The minimum absolute atomic E-state index is 0.856. The molecular weight excluding hydrogens is 584 g/mol. The Labute approximate surface area is 234 Å². The second-order valence-corrected chi connectivity index (χ2v) is 14.3. The lowest BCUT2D eigenvalue weighted by Gasteiger charge is -2.18. The summed E-state index contributed by atoms with van der Waals surface area (Å²) in [4.78, 5) is 0. The molecule has 0 aliphatic heterocycles. The number of hydrogen-bond acceptors (Lipinski definition) is 2. The molecule has 3 aromatic rings. The number of aryl methyl sites for hydroxylation is 2. The van der Waals surface area contributed by atoms with Crippen LogP contribution in [0, 0.1) is 11.8 Å². The highest BCUT2D eigenvalue weighted by Crippen LogP contribution is 2.45. The predicted molar refractivity (Wildman–Crippen MR) is 167 cm³/mol. The molecule has 0 aliphatic rings. The summed E-state index contributed by atoms with van der Waals surface area (Å²) in [7, 11) is 0. The van der Waals surface area contributed by atoms with E-state index in [1.807, 2.05) is 36.5 Å². The van der Waals surface area contributed by atoms with Crippen LogP contribution in [0.2, 0.25) is 0 Å². The molecule has 0 amide bonds. The maximum absolute atomic E-state index is 3.84. The zero-order valence-electron chi connectivity index (χ0n) is 22.4. The first-order valence-corrected chi connectivity index (χ1v) is 17.1. The van der Waals surface area contributed by atoms with Gasteiger partial charge in [0, 0.05) is 9.40 Å². The van der Waals surface area contributed by atoms with Crippen LogP contribution in [0.5, 0.6) is 0 Å². The van der Waals surface area contributed by atoms with Gasteiger partial charge in [-0.1, -0.05) is 92.9 Å². The summed E-state index contributed by atoms with van der Waals surface area (Å²) in [6, 6.07) is 4.82. The van der Waals surface area contributed by atoms with Crippen molar-refractivity contribution < 1.29 is 0 Å². The number of fused-ring (bicyclic) bond motifs is 2. The summed E-state index contributed by atoms with van der Waals surface area (Å²) in [5, 5.41) is 3.04. The van der Waals surface area contributed by atoms with Gasteiger partial charge < -0.3 is 0 Å². The molecule has 0 saturated heterocycles. The zero-order chi connectivity index (χ0) is 25.1. The van der Waals surface area contributed by atoms with Crippen LogP contribution in [0.15, 0.2) is 19.7 Å². The molecule has 3 rings (SSSR count). The number of thiophene rings is 2. The Kier molecular flexibility index (Phi) is 14.3. The first kappa shape index (κ1) is 30.3. The van der Waals surface area contributed by atoms with Gasteiger partial charge >= 0.3 is 0 Å². The summed E-state index contributed by atoms with van der Waals surface area (Å²) in [6.07, 6.45) is 15.8. The molecule has 2 atom stereocenters. The molecule has 0 spiro atoms. The van der Waals surface area contributed by atoms with E-state index in [1.54, 1.807) is 11.1 Å². The summed E-state index contributed by atoms with van der Waals surface area (Å²) in [5.41, 5.74) is 3.20. The van der Waals surface area contributed by atoms with Gasteiger partial charge in [0.1, 0.15) is 0 Å². The van der Waals surface area contributed by atoms with Crippen molar-refractivity contribution in [2.24, 2.45) is 11.8 Å². The number of benzene rings is 1. The molecule has 0 fully saturated rings. The number of hydrogen-bond donors (Lipinski definition) is 0. The maximum atomic E-state index is 3.84. The van der Waals surface area contributed by atoms with E-state index >= 15 is 0 Å². The van der Waals surface area contributed by atoms with Crippen molar-refractivity contribution in [2.45, 2.75) is 119 Å². The number of halogens is 2. The van der Waals surface area contributed by atoms with Crippen LogP contribution in [0.3, 0.4) is 0 Å². The van der Waals surface area contributed by atoms with Crippen molar-refractivity contribution in [1.82, 2.24) is 0 Å². The monoisotopic (exact) mass is 628 g/mol. The number of unbranched alkanes of at least 4 members (excludes halogenated alkanes) is 2. The number of rotatable bonds is 14. The minimum Gasteiger partial charge on any atom is -0.128 e. The molecular formula is C30H46Br2S2. The van der Waals surface area contributed by atoms with Crippen LogP contribution >= 0.6 is 54.5 Å². The van der Waals surface area contributed by atoms with E-state index in [4.69, 9.17) is 0 Å². The van der Waals surface area contributed by atoms with E-state index in [0.717, 1.165) is 11.8 Å². The van der Waals surface area contributed by atoms with E-state index in [-0.39, 0.29) is 0 Å². The lowest BCUT2D eigenvalue weighted by Crippen LogP contribution is -2.03. The first-order valence-electron chi connectivity index (χ1n) is 13.8. The lowest BCUT2D eigenvalue weighted by molar-refractivity contribution is 0.422. The van der Waals surface area contributed by atoms with Gasteiger partial charge in [-0.25, -0.2) is 0 Å². The standard InChI is InChI=1S/C28H40Br2S2.C2H6/c1-5-9-11-19(7-3)13-15-21-23-17-25(29)32-28(23)22(24-18-26(30)31-27(21)24)16-14-20(8-4)12-10-6-2;1-2/h17-20H,5-16H2,1-4H3;1-2H3. The Morgan fingerprint density at radius 3 is 1.35 bits per heavy atom. The van der Waals surface area contributed by atoms with Crippen LogP contribution in [0.25, 0.3) is 20.2 Å². The third-order valence-electron chi connectivity index (χ3n) is 7.29. The van der Waals surface area contributed by atoms with Gasteiger partial charge in [-0.15, -0.1) is 22.7 Å². The molecule has 2 heterocycles. The average Bonchev–Trinajstić information content (AvgIpc) is 3.42. The van der Waals surface area contributed by atoms with Crippen LogP contribution in [-0.2, 0) is 12.8 Å². The topological polar surface area (TPSA) is 0 Å². The van der Waals surface area contributed by atoms with Crippen molar-refractivity contribution in [3.8, 4) is 0 Å². The Hall–Kier alpha value is 0.1000. The van der Waals surface area contributed by atoms with Crippen LogP contribution in [0.4, 0.5) is 0 Å². The van der Waals surface area contributed by atoms with Crippen molar-refractivity contribution in [1.29, 1.82) is 0 Å². The van der Waals surface area contributed by atoms with Crippen molar-refractivity contribution in [3.05, 3.63) is 30.8 Å². The van der Waals surface area contributed by atoms with Crippen LogP contribution in [-0.4, -0.2) is 0 Å². The zero-order valence-corrected chi connectivity index (χ0v) is 27.2. The van der Waals surface area contributed by atoms with Crippen molar-refractivity contribution in [2.75, 3.05) is 0 Å². The van der Waals surface area contributed by atoms with Crippen LogP contribution < -0.4 is 0 Å². The SMILES string of the molecule is CC.CCCCC(CC)CCc1c2cc(Br)sc2c(CCC(CC)CCCC)c2cc(Br)sc12. The van der Waals surface area contributed by atoms with Gasteiger partial charge in [-0.05, 0) is 103 Å². The molecule has 0 N–H and O–H groups in total. The van der Waals surface area contributed by atoms with Gasteiger partial charge in [0.2, 0.25) is 0 Å². The van der Waals surface area contributed by atoms with E-state index in [2.05, 4.69) is 71.7 Å². The Morgan fingerprint density at radius 1 is 0.647 bits per heavy atom. The lowest BCUT2D eigenvalue weighted by atomic mass is 9.88. The molecule has 34 heavy (non-hydrogen) atoms. The normalized spacial score (nSPS) is 13.3. The van der Waals surface area contributed by atoms with E-state index in [0.29, 0.717) is 0 Å². The molecule has 1 aromatic carbocycles. The third kappa shape index (κ3) is 8.05. The molecule has 0 saturated carbocycles. The molecule has 0 nitrogen and oxygen atoms in total. The molecule has 192 valence electrons. The molecule has 2 aromatic heterocycles. The summed E-state index contributed by atoms with van der Waals surface area (Å²) < 4.78 is 5.64. The Balaban J connectivity index is 0.00000199. The Bertz CT molecular complexity index is 852. The summed E-state index contributed by atoms with van der Waals surface area (Å²) in [6.45, 7) is 13.4. The highest BCUT2D eigenvalue weighted by molar-refractivity contribution is 9.11. The molecule has 4 heteroatoms. The average molecular weight is 631 g/mol. The van der Waals surface area contributed by atoms with Gasteiger partial charge in [0.05, 0.1) is 7.57 Å². The Morgan fingerprint density at radius 2 is 1.03 bits per heavy atom. The quantitative estimate of drug-likeness (QED) is 0.166. The molecule has 0 radical (unpaired) electrons. The molecule has 0 aliphatic carbocycles. The van der Waals surface area contributed by atoms with Gasteiger partial charge in [0.25, 0.3) is 0 Å². The molecule has 2 unspecified atom stereocenters. The second-order valence-electron chi connectivity index (χ2n) is 9.45. The van der Waals surface area contributed by atoms with Crippen molar-refractivity contribution in [3.63, 3.8) is 0 Å². The fourth-order valence-electron chi connectivity index (χ4n) is 5.15. The second kappa shape index (κ2) is 16.0. The highest BCUT2D eigenvalue weighted by Gasteiger charge is 2.20. The fraction of sp³-hybridized carbons (Fsp3) is 0.667. The largest absolute Gasteiger partial charge is 0.128 e. The van der Waals surface area contributed by atoms with Crippen LogP contribution in [0.1, 0.15) is 117 Å². The highest BCUT2D eigenvalue weighted by atomic mass is 79.9. The molecule has 0 bridgehead atoms. The maximum Gasteiger partial charge on any atom is 0.0711 e. The fourth-order valence-corrected chi connectivity index (χ4v) is 8.57. The minimum atomic E-state index is 0.856. The predicted octanol–water partition coefficient (Wildman–Crippen LogP) is 13.0. The summed E-state index contributed by atoms with van der Waals surface area (Å²) in [5.74, 6) is 1.71. The van der Waals surface area contributed by atoms with Gasteiger partial charge in [-0.3, -0.25) is 0 Å². The smallest absolute Gasteiger partial charge is 0.0711 e. The first-order chi connectivity index (χ1) is 16.5. The van der Waals surface area contributed by atoms with E-state index in [1.165, 1.54) is 105 Å². The van der Waals surface area contributed by atoms with E-state index < -0.39 is 0 Å². The van der Waals surface area contributed by atoms with Crippen molar-refractivity contribution >= 4 is 74.7 Å².